The van der Waals surface area contributed by atoms with E-state index >= 15 is 0 Å². The zero-order chi connectivity index (χ0) is 38.4. The molecule has 0 aliphatic carbocycles. The first-order valence-electron chi connectivity index (χ1n) is 19.3. The SMILES string of the molecule is c1ccc(N(c2ccc3c(-c4cccc5ccccc45)c4cc(N(c5ccccn5)c5cccs5)ccc4c(-c4cccc5ccccc45)c3c2)c2cccs2)nc1. The smallest absolute Gasteiger partial charge is 0.138 e. The predicted molar refractivity (Wildman–Crippen MR) is 248 cm³/mol. The molecule has 0 aliphatic rings. The second-order valence-corrected chi connectivity index (χ2v) is 16.1. The first-order chi connectivity index (χ1) is 28.8. The minimum Gasteiger partial charge on any atom is -0.286 e. The van der Waals surface area contributed by atoms with Crippen molar-refractivity contribution in [3.05, 3.63) is 205 Å². The minimum absolute atomic E-state index is 0.874. The van der Waals surface area contributed by atoms with Gasteiger partial charge in [0.1, 0.15) is 21.6 Å². The maximum Gasteiger partial charge on any atom is 0.138 e. The van der Waals surface area contributed by atoms with Crippen LogP contribution in [0.3, 0.4) is 0 Å². The van der Waals surface area contributed by atoms with E-state index in [0.29, 0.717) is 0 Å². The topological polar surface area (TPSA) is 32.3 Å². The number of pyridine rings is 2. The first kappa shape index (κ1) is 34.2. The lowest BCUT2D eigenvalue weighted by atomic mass is 9.83. The molecule has 0 amide bonds. The van der Waals surface area contributed by atoms with E-state index in [-0.39, 0.29) is 0 Å². The molecule has 0 saturated carbocycles. The lowest BCUT2D eigenvalue weighted by molar-refractivity contribution is 1.20. The van der Waals surface area contributed by atoms with E-state index in [1.807, 2.05) is 24.5 Å². The number of thiophene rings is 2. The van der Waals surface area contributed by atoms with Crippen LogP contribution in [0.1, 0.15) is 0 Å². The number of hydrogen-bond acceptors (Lipinski definition) is 6. The molecule has 0 bridgehead atoms. The highest BCUT2D eigenvalue weighted by Crippen LogP contribution is 2.50. The van der Waals surface area contributed by atoms with Gasteiger partial charge in [0.15, 0.2) is 0 Å². The zero-order valence-electron chi connectivity index (χ0n) is 31.2. The summed E-state index contributed by atoms with van der Waals surface area (Å²) in [7, 11) is 0. The Morgan fingerprint density at radius 3 is 1.22 bits per heavy atom. The van der Waals surface area contributed by atoms with Crippen molar-refractivity contribution in [1.29, 1.82) is 0 Å². The molecule has 4 heterocycles. The number of fused-ring (bicyclic) bond motifs is 4. The van der Waals surface area contributed by atoms with Crippen molar-refractivity contribution in [3.8, 4) is 22.3 Å². The maximum absolute atomic E-state index is 4.86. The highest BCUT2D eigenvalue weighted by atomic mass is 32.1. The summed E-state index contributed by atoms with van der Waals surface area (Å²) in [6.07, 6.45) is 3.74. The second kappa shape index (κ2) is 14.4. The molecule has 6 heteroatoms. The average Bonchev–Trinajstić information content (AvgIpc) is 4.03. The van der Waals surface area contributed by atoms with Crippen LogP contribution in [0.25, 0.3) is 65.3 Å². The van der Waals surface area contributed by atoms with Crippen molar-refractivity contribution in [3.63, 3.8) is 0 Å². The molecule has 0 radical (unpaired) electrons. The zero-order valence-corrected chi connectivity index (χ0v) is 32.9. The van der Waals surface area contributed by atoms with Crippen molar-refractivity contribution < 1.29 is 0 Å². The number of aromatic nitrogens is 2. The van der Waals surface area contributed by atoms with Gasteiger partial charge >= 0.3 is 0 Å². The van der Waals surface area contributed by atoms with Gasteiger partial charge in [-0.3, -0.25) is 9.80 Å². The fraction of sp³-hybridized carbons (Fsp3) is 0. The lowest BCUT2D eigenvalue weighted by Crippen LogP contribution is -2.10. The van der Waals surface area contributed by atoms with Gasteiger partial charge in [-0.15, -0.1) is 22.7 Å². The normalized spacial score (nSPS) is 11.4. The molecule has 0 unspecified atom stereocenters. The van der Waals surface area contributed by atoms with E-state index < -0.39 is 0 Å². The predicted octanol–water partition coefficient (Wildman–Crippen LogP) is 15.5. The number of hydrogen-bond donors (Lipinski definition) is 0. The summed E-state index contributed by atoms with van der Waals surface area (Å²) in [6.45, 7) is 0. The number of anilines is 6. The van der Waals surface area contributed by atoms with Gasteiger partial charge < -0.3 is 0 Å². The fourth-order valence-electron chi connectivity index (χ4n) is 8.46. The summed E-state index contributed by atoms with van der Waals surface area (Å²) in [5.74, 6) is 1.75. The van der Waals surface area contributed by atoms with Crippen LogP contribution in [0.4, 0.5) is 33.0 Å². The molecular weight excluding hydrogens is 745 g/mol. The van der Waals surface area contributed by atoms with Crippen molar-refractivity contribution in [1.82, 2.24) is 9.97 Å². The third-order valence-corrected chi connectivity index (χ3v) is 12.6. The van der Waals surface area contributed by atoms with E-state index in [1.165, 1.54) is 65.3 Å². The van der Waals surface area contributed by atoms with Gasteiger partial charge in [0, 0.05) is 23.8 Å². The van der Waals surface area contributed by atoms with Crippen molar-refractivity contribution in [2.45, 2.75) is 0 Å². The molecule has 4 nitrogen and oxygen atoms in total. The molecule has 11 rings (SSSR count). The van der Waals surface area contributed by atoms with Gasteiger partial charge in [-0.05, 0) is 149 Å². The first-order valence-corrected chi connectivity index (χ1v) is 21.1. The van der Waals surface area contributed by atoms with Crippen molar-refractivity contribution in [2.24, 2.45) is 0 Å². The number of rotatable bonds is 8. The summed E-state index contributed by atoms with van der Waals surface area (Å²) >= 11 is 3.42. The Morgan fingerprint density at radius 2 is 0.793 bits per heavy atom. The molecule has 0 aliphatic heterocycles. The molecule has 0 N–H and O–H groups in total. The Hall–Kier alpha value is -7.12. The number of benzene rings is 7. The maximum atomic E-state index is 4.86. The summed E-state index contributed by atoms with van der Waals surface area (Å²) in [5.41, 5.74) is 6.90. The van der Waals surface area contributed by atoms with E-state index in [0.717, 1.165) is 33.0 Å². The van der Waals surface area contributed by atoms with E-state index in [2.05, 4.69) is 190 Å². The molecule has 58 heavy (non-hydrogen) atoms. The Balaban J connectivity index is 1.30. The molecule has 11 aromatic rings. The van der Waals surface area contributed by atoms with E-state index in [4.69, 9.17) is 9.97 Å². The van der Waals surface area contributed by atoms with Crippen molar-refractivity contribution in [2.75, 3.05) is 9.80 Å². The third-order valence-electron chi connectivity index (χ3n) is 10.9. The molecular formula is C52H34N4S2. The molecule has 0 fully saturated rings. The second-order valence-electron chi connectivity index (χ2n) is 14.2. The van der Waals surface area contributed by atoms with Crippen molar-refractivity contribution >= 4 is 98.8 Å². The van der Waals surface area contributed by atoms with Gasteiger partial charge in [-0.2, -0.15) is 0 Å². The quantitative estimate of drug-likeness (QED) is 0.144. The Labute approximate surface area is 344 Å². The summed E-state index contributed by atoms with van der Waals surface area (Å²) in [6, 6.07) is 65.6. The van der Waals surface area contributed by atoms with Crippen LogP contribution in [0.5, 0.6) is 0 Å². The molecule has 274 valence electrons. The lowest BCUT2D eigenvalue weighted by Gasteiger charge is -2.26. The molecule has 0 atom stereocenters. The van der Waals surface area contributed by atoms with E-state index in [1.54, 1.807) is 22.7 Å². The van der Waals surface area contributed by atoms with Crippen LogP contribution in [0.2, 0.25) is 0 Å². The third kappa shape index (κ3) is 5.81. The van der Waals surface area contributed by atoms with Crippen LogP contribution in [-0.4, -0.2) is 9.97 Å². The van der Waals surface area contributed by atoms with Crippen LogP contribution >= 0.6 is 22.7 Å². The Bertz CT molecular complexity index is 3000. The molecule has 0 spiro atoms. The van der Waals surface area contributed by atoms with Gasteiger partial charge in [-0.25, -0.2) is 9.97 Å². The van der Waals surface area contributed by atoms with Gasteiger partial charge in [-0.1, -0.05) is 109 Å². The van der Waals surface area contributed by atoms with Crippen LogP contribution in [0.15, 0.2) is 205 Å². The standard InChI is InChI=1S/C52H34N4S2/c1-3-17-39-35(13-1)15-9-19-41(39)51-43-27-25-38(56(50-24-12-32-58-50)48-22-6-8-30-54-48)34-46(43)52(42-20-10-16-36-14-2-4-18-40(36)42)44-28-26-37(33-45(44)51)55(49-23-11-31-57-49)47-21-5-7-29-53-47/h1-34H. The molecule has 4 aromatic heterocycles. The highest BCUT2D eigenvalue weighted by Gasteiger charge is 2.24. The van der Waals surface area contributed by atoms with Gasteiger partial charge in [0.2, 0.25) is 0 Å². The fourth-order valence-corrected chi connectivity index (χ4v) is 9.98. The number of nitrogens with zero attached hydrogens (tertiary/aromatic N) is 4. The summed E-state index contributed by atoms with van der Waals surface area (Å²) in [4.78, 5) is 14.3. The van der Waals surface area contributed by atoms with Gasteiger partial charge in [0.25, 0.3) is 0 Å². The Kier molecular flexibility index (Phi) is 8.50. The molecule has 0 saturated heterocycles. The van der Waals surface area contributed by atoms with Crippen LogP contribution in [-0.2, 0) is 0 Å². The summed E-state index contributed by atoms with van der Waals surface area (Å²) in [5, 5.41) is 16.0. The van der Waals surface area contributed by atoms with Gasteiger partial charge in [0.05, 0.1) is 0 Å². The minimum atomic E-state index is 0.874. The monoisotopic (exact) mass is 778 g/mol. The molecule has 7 aromatic carbocycles. The van der Waals surface area contributed by atoms with Crippen LogP contribution in [0, 0.1) is 0 Å². The average molecular weight is 779 g/mol. The highest BCUT2D eigenvalue weighted by molar-refractivity contribution is 7.14. The Morgan fingerprint density at radius 1 is 0.345 bits per heavy atom. The van der Waals surface area contributed by atoms with Crippen LogP contribution < -0.4 is 9.80 Å². The summed E-state index contributed by atoms with van der Waals surface area (Å²) < 4.78 is 0. The van der Waals surface area contributed by atoms with E-state index in [9.17, 15) is 0 Å². The largest absolute Gasteiger partial charge is 0.286 e.